The van der Waals surface area contributed by atoms with Gasteiger partial charge in [0.2, 0.25) is 5.91 Å². The third-order valence-electron chi connectivity index (χ3n) is 4.51. The molecule has 0 saturated heterocycles. The van der Waals surface area contributed by atoms with Gasteiger partial charge in [-0.1, -0.05) is 18.4 Å². The second kappa shape index (κ2) is 10.1. The molecule has 3 unspecified atom stereocenters. The van der Waals surface area contributed by atoms with Crippen LogP contribution in [0, 0.1) is 51.8 Å². The second-order valence-corrected chi connectivity index (χ2v) is 6.36. The predicted octanol–water partition coefficient (Wildman–Crippen LogP) is 2.24. The van der Waals surface area contributed by atoms with Crippen LogP contribution in [0.1, 0.15) is 39.5 Å². The summed E-state index contributed by atoms with van der Waals surface area (Å²) >= 11 is 0. The zero-order valence-electron chi connectivity index (χ0n) is 15.2. The van der Waals surface area contributed by atoms with Crippen LogP contribution < -0.4 is 5.32 Å². The molecule has 0 aromatic carbocycles. The van der Waals surface area contributed by atoms with Crippen molar-refractivity contribution in [1.29, 1.82) is 10.5 Å². The fourth-order valence-electron chi connectivity index (χ4n) is 3.36. The van der Waals surface area contributed by atoms with Gasteiger partial charge in [0, 0.05) is 26.3 Å². The molecule has 0 spiro atoms. The van der Waals surface area contributed by atoms with Crippen LogP contribution in [-0.4, -0.2) is 24.5 Å². The SMILES string of the molecule is C=C=CC1CC(NC(C)=O)CCC1C(C#N)(C#N)CC#CCOC(C)=O. The van der Waals surface area contributed by atoms with Crippen LogP contribution >= 0.6 is 0 Å². The number of nitrogens with zero attached hydrogens (tertiary/aromatic N) is 2. The second-order valence-electron chi connectivity index (χ2n) is 6.36. The fraction of sp³-hybridized carbons (Fsp3) is 0.550. The summed E-state index contributed by atoms with van der Waals surface area (Å²) in [6, 6.07) is 4.31. The van der Waals surface area contributed by atoms with Crippen LogP contribution in [-0.2, 0) is 14.3 Å². The van der Waals surface area contributed by atoms with Gasteiger partial charge in [-0.05, 0) is 37.2 Å². The molecule has 26 heavy (non-hydrogen) atoms. The Morgan fingerprint density at radius 3 is 2.50 bits per heavy atom. The molecule has 6 nitrogen and oxygen atoms in total. The van der Waals surface area contributed by atoms with Gasteiger partial charge < -0.3 is 10.1 Å². The van der Waals surface area contributed by atoms with E-state index in [0.717, 1.165) is 0 Å². The van der Waals surface area contributed by atoms with Crippen molar-refractivity contribution < 1.29 is 14.3 Å². The average Bonchev–Trinajstić information content (AvgIpc) is 2.59. The van der Waals surface area contributed by atoms with Crippen molar-refractivity contribution in [1.82, 2.24) is 5.32 Å². The Kier molecular flexibility index (Phi) is 8.17. The summed E-state index contributed by atoms with van der Waals surface area (Å²) in [5.74, 6) is 4.59. The summed E-state index contributed by atoms with van der Waals surface area (Å²) in [5, 5.41) is 22.4. The number of allylic oxidation sites excluding steroid dienone is 1. The molecule has 0 aromatic heterocycles. The van der Waals surface area contributed by atoms with Crippen molar-refractivity contribution in [2.75, 3.05) is 6.61 Å². The molecule has 6 heteroatoms. The van der Waals surface area contributed by atoms with Gasteiger partial charge in [0.1, 0.15) is 0 Å². The highest BCUT2D eigenvalue weighted by atomic mass is 16.5. The van der Waals surface area contributed by atoms with Gasteiger partial charge in [0.05, 0.1) is 12.1 Å². The molecule has 1 aliphatic rings. The van der Waals surface area contributed by atoms with E-state index in [-0.39, 0.29) is 36.8 Å². The first-order chi connectivity index (χ1) is 12.4. The minimum absolute atomic E-state index is 0.00323. The molecule has 3 atom stereocenters. The zero-order chi connectivity index (χ0) is 19.6. The van der Waals surface area contributed by atoms with Crippen LogP contribution in [0.15, 0.2) is 18.4 Å². The van der Waals surface area contributed by atoms with Gasteiger partial charge >= 0.3 is 5.97 Å². The number of hydrogen-bond donors (Lipinski definition) is 1. The number of rotatable bonds is 5. The van der Waals surface area contributed by atoms with Crippen molar-refractivity contribution in [3.05, 3.63) is 18.4 Å². The molecule has 0 bridgehead atoms. The van der Waals surface area contributed by atoms with Gasteiger partial charge in [-0.3, -0.25) is 9.59 Å². The topological polar surface area (TPSA) is 103 Å². The molecule has 1 aliphatic carbocycles. The Bertz CT molecular complexity index is 712. The number of carbonyl (C=O) groups is 2. The molecule has 1 rings (SSSR count). The third-order valence-corrected chi connectivity index (χ3v) is 4.51. The van der Waals surface area contributed by atoms with E-state index in [0.29, 0.717) is 19.3 Å². The van der Waals surface area contributed by atoms with Crippen LogP contribution in [0.4, 0.5) is 0 Å². The predicted molar refractivity (Wildman–Crippen MR) is 94.8 cm³/mol. The number of ether oxygens (including phenoxy) is 1. The minimum atomic E-state index is -1.28. The smallest absolute Gasteiger partial charge is 0.303 e. The third kappa shape index (κ3) is 5.82. The van der Waals surface area contributed by atoms with E-state index in [1.807, 2.05) is 0 Å². The molecule has 1 fully saturated rings. The lowest BCUT2D eigenvalue weighted by Crippen LogP contribution is -2.44. The van der Waals surface area contributed by atoms with Crippen molar-refractivity contribution in [2.24, 2.45) is 17.3 Å². The van der Waals surface area contributed by atoms with Crippen molar-refractivity contribution >= 4 is 11.9 Å². The molecular formula is C20H23N3O3. The van der Waals surface area contributed by atoms with E-state index in [2.05, 4.69) is 41.6 Å². The number of hydrogen-bond acceptors (Lipinski definition) is 5. The van der Waals surface area contributed by atoms with Crippen LogP contribution in [0.5, 0.6) is 0 Å². The highest BCUT2D eigenvalue weighted by Gasteiger charge is 2.45. The van der Waals surface area contributed by atoms with Crippen molar-refractivity contribution in [2.45, 2.75) is 45.6 Å². The summed E-state index contributed by atoms with van der Waals surface area (Å²) in [6.07, 6.45) is 3.77. The fourth-order valence-corrected chi connectivity index (χ4v) is 3.36. The quantitative estimate of drug-likeness (QED) is 0.464. The Balaban J connectivity index is 2.97. The number of amides is 1. The van der Waals surface area contributed by atoms with Gasteiger partial charge in [-0.25, -0.2) is 0 Å². The van der Waals surface area contributed by atoms with E-state index in [1.54, 1.807) is 6.08 Å². The monoisotopic (exact) mass is 353 g/mol. The Morgan fingerprint density at radius 2 is 1.96 bits per heavy atom. The zero-order valence-corrected chi connectivity index (χ0v) is 15.2. The maximum absolute atomic E-state index is 11.3. The van der Waals surface area contributed by atoms with E-state index >= 15 is 0 Å². The Hall–Kier alpha value is -3.00. The lowest BCUT2D eigenvalue weighted by atomic mass is 9.62. The van der Waals surface area contributed by atoms with E-state index in [1.165, 1.54) is 13.8 Å². The van der Waals surface area contributed by atoms with Gasteiger partial charge in [0.25, 0.3) is 0 Å². The molecule has 1 saturated carbocycles. The molecule has 0 heterocycles. The minimum Gasteiger partial charge on any atom is -0.453 e. The normalized spacial score (nSPS) is 21.6. The standard InChI is InChI=1S/C20H23N3O3/c1-4-7-17-12-18(23-15(2)24)8-9-19(17)20(13-21,14-22)10-5-6-11-26-16(3)25/h7,17-19H,1,8-12H2,2-3H3,(H,23,24). The number of carbonyl (C=O) groups excluding carboxylic acids is 2. The largest absolute Gasteiger partial charge is 0.453 e. The summed E-state index contributed by atoms with van der Waals surface area (Å²) in [4.78, 5) is 22.1. The van der Waals surface area contributed by atoms with E-state index < -0.39 is 11.4 Å². The van der Waals surface area contributed by atoms with E-state index in [4.69, 9.17) is 4.74 Å². The number of esters is 1. The Morgan fingerprint density at radius 1 is 1.27 bits per heavy atom. The molecule has 1 amide bonds. The molecule has 0 aromatic rings. The van der Waals surface area contributed by atoms with Gasteiger partial charge in [0.15, 0.2) is 12.0 Å². The molecular weight excluding hydrogens is 330 g/mol. The highest BCUT2D eigenvalue weighted by molar-refractivity contribution is 5.73. The van der Waals surface area contributed by atoms with Crippen LogP contribution in [0.3, 0.4) is 0 Å². The average molecular weight is 353 g/mol. The molecule has 0 aliphatic heterocycles. The van der Waals surface area contributed by atoms with E-state index in [9.17, 15) is 20.1 Å². The summed E-state index contributed by atoms with van der Waals surface area (Å²) in [7, 11) is 0. The first-order valence-corrected chi connectivity index (χ1v) is 8.43. The van der Waals surface area contributed by atoms with Crippen LogP contribution in [0.25, 0.3) is 0 Å². The summed E-state index contributed by atoms with van der Waals surface area (Å²) in [6.45, 7) is 6.30. The molecule has 0 radical (unpaired) electrons. The Labute approximate surface area is 154 Å². The summed E-state index contributed by atoms with van der Waals surface area (Å²) in [5.41, 5.74) is 1.48. The first-order valence-electron chi connectivity index (χ1n) is 8.43. The first kappa shape index (κ1) is 21.0. The number of nitrogens with one attached hydrogen (secondary N) is 1. The lowest BCUT2D eigenvalue weighted by Gasteiger charge is -2.39. The van der Waals surface area contributed by atoms with Gasteiger partial charge in [-0.15, -0.1) is 5.73 Å². The maximum atomic E-state index is 11.3. The van der Waals surface area contributed by atoms with Gasteiger partial charge in [-0.2, -0.15) is 10.5 Å². The molecule has 136 valence electrons. The van der Waals surface area contributed by atoms with Crippen molar-refractivity contribution in [3.63, 3.8) is 0 Å². The highest BCUT2D eigenvalue weighted by Crippen LogP contribution is 2.44. The maximum Gasteiger partial charge on any atom is 0.303 e. The number of nitriles is 2. The van der Waals surface area contributed by atoms with Crippen LogP contribution in [0.2, 0.25) is 0 Å². The summed E-state index contributed by atoms with van der Waals surface area (Å²) < 4.78 is 4.74. The van der Waals surface area contributed by atoms with Crippen molar-refractivity contribution in [3.8, 4) is 24.0 Å². The lowest BCUT2D eigenvalue weighted by molar-refractivity contribution is -0.139. The molecule has 1 N–H and O–H groups in total.